The van der Waals surface area contributed by atoms with Gasteiger partial charge in [0.1, 0.15) is 13.2 Å². The molecule has 0 aromatic carbocycles. The smallest absolute Gasteiger partial charge is 0.268 e. The molecule has 0 heterocycles. The molecule has 0 fully saturated rings. The van der Waals surface area contributed by atoms with Gasteiger partial charge in [0.05, 0.1) is 39.9 Å². The van der Waals surface area contributed by atoms with Crippen LogP contribution in [0.4, 0.5) is 0 Å². The van der Waals surface area contributed by atoms with Crippen LogP contribution in [0.2, 0.25) is 0 Å². The summed E-state index contributed by atoms with van der Waals surface area (Å²) in [5, 5.41) is 13.8. The third kappa shape index (κ3) is 58.6. The lowest BCUT2D eigenvalue weighted by molar-refractivity contribution is -0.870. The number of nitrogens with one attached hydrogen (secondary N) is 1. The van der Waals surface area contributed by atoms with Gasteiger partial charge in [-0.2, -0.15) is 0 Å². The molecule has 0 bridgehead atoms. The fraction of sp³-hybridized carbons (Fsp3) is 0.687. The first kappa shape index (κ1) is 72.9. The molecule has 9 heteroatoms. The standard InChI is InChI=1S/C67H117N2O6P/c1-6-8-10-12-14-16-18-20-22-23-24-25-26-27-28-29-30-31-32-33-34-35-36-37-38-39-40-41-42-43-44-45-47-49-51-53-55-57-59-61-67(71)68-65(64-75-76(72,73)74-63-62-69(3,4)5)66(70)60-58-56-54-52-50-48-46-21-19-17-15-13-11-9-7-2/h8,10,14,16,19-22,24-25,27-28,30-31,33-34,50,52,58,60,65-66,70H,6-7,9,11-13,15,17-18,23,26,29,32,35-49,51,53-57,59,61-64H2,1-5H3,(H-,68,71,72,73)/b10-8-,16-14-,21-19+,22-20-,25-24-,28-27-,31-30-,34-33-,52-50+,60-58+. The maximum absolute atomic E-state index is 13.0. The fourth-order valence-electron chi connectivity index (χ4n) is 8.34. The highest BCUT2D eigenvalue weighted by molar-refractivity contribution is 7.45. The molecule has 0 spiro atoms. The van der Waals surface area contributed by atoms with Crippen molar-refractivity contribution < 1.29 is 32.9 Å². The Balaban J connectivity index is 4.04. The van der Waals surface area contributed by atoms with Crippen LogP contribution in [0.25, 0.3) is 0 Å². The zero-order chi connectivity index (χ0) is 55.6. The van der Waals surface area contributed by atoms with Gasteiger partial charge in [-0.15, -0.1) is 0 Å². The molecule has 0 aromatic rings. The Morgan fingerprint density at radius 3 is 1.22 bits per heavy atom. The number of aliphatic hydroxyl groups is 1. The number of aliphatic hydroxyl groups excluding tert-OH is 1. The van der Waals surface area contributed by atoms with Crippen LogP contribution in [0.15, 0.2) is 122 Å². The Bertz CT molecular complexity index is 1650. The van der Waals surface area contributed by atoms with Gasteiger partial charge in [-0.05, 0) is 103 Å². The van der Waals surface area contributed by atoms with Crippen LogP contribution in [0.5, 0.6) is 0 Å². The highest BCUT2D eigenvalue weighted by Gasteiger charge is 2.23. The minimum Gasteiger partial charge on any atom is -0.756 e. The lowest BCUT2D eigenvalue weighted by Crippen LogP contribution is -2.45. The van der Waals surface area contributed by atoms with E-state index in [2.05, 4.69) is 129 Å². The Morgan fingerprint density at radius 1 is 0.474 bits per heavy atom. The van der Waals surface area contributed by atoms with Crippen molar-refractivity contribution in [2.45, 2.75) is 257 Å². The van der Waals surface area contributed by atoms with Gasteiger partial charge in [0.2, 0.25) is 5.91 Å². The first-order valence-electron chi connectivity index (χ1n) is 30.9. The van der Waals surface area contributed by atoms with Gasteiger partial charge in [-0.1, -0.05) is 257 Å². The van der Waals surface area contributed by atoms with Crippen molar-refractivity contribution >= 4 is 13.7 Å². The number of likely N-dealkylation sites (N-methyl/N-ethyl adjacent to an activating group) is 1. The number of hydrogen-bond donors (Lipinski definition) is 2. The predicted octanol–water partition coefficient (Wildman–Crippen LogP) is 18.7. The molecular weight excluding hydrogens is 960 g/mol. The summed E-state index contributed by atoms with van der Waals surface area (Å²) in [5.74, 6) is -0.214. The normalized spacial score (nSPS) is 14.7. The Labute approximate surface area is 469 Å². The molecule has 1 amide bonds. The summed E-state index contributed by atoms with van der Waals surface area (Å²) in [6, 6.07) is -0.915. The Kier molecular flexibility index (Phi) is 54.3. The van der Waals surface area contributed by atoms with Crippen LogP contribution >= 0.6 is 7.82 Å². The summed E-state index contributed by atoms with van der Waals surface area (Å²) in [6.45, 7) is 4.48. The number of phosphoric acid groups is 1. The van der Waals surface area contributed by atoms with E-state index in [0.717, 1.165) is 89.9 Å². The summed E-state index contributed by atoms with van der Waals surface area (Å²) in [6.07, 6.45) is 84.4. The van der Waals surface area contributed by atoms with E-state index >= 15 is 0 Å². The minimum absolute atomic E-state index is 0.0129. The van der Waals surface area contributed by atoms with Gasteiger partial charge in [-0.25, -0.2) is 0 Å². The number of unbranched alkanes of at least 4 members (excludes halogenated alkanes) is 24. The van der Waals surface area contributed by atoms with Crippen LogP contribution in [0.1, 0.15) is 245 Å². The molecular formula is C67H117N2O6P. The summed E-state index contributed by atoms with van der Waals surface area (Å²) >= 11 is 0. The lowest BCUT2D eigenvalue weighted by Gasteiger charge is -2.29. The quantitative estimate of drug-likeness (QED) is 0.0272. The van der Waals surface area contributed by atoms with Gasteiger partial charge in [0.25, 0.3) is 7.82 Å². The molecule has 0 saturated carbocycles. The third-order valence-corrected chi connectivity index (χ3v) is 14.1. The number of quaternary nitrogens is 1. The first-order valence-corrected chi connectivity index (χ1v) is 32.4. The van der Waals surface area contributed by atoms with Crippen molar-refractivity contribution in [2.24, 2.45) is 0 Å². The van der Waals surface area contributed by atoms with Crippen molar-refractivity contribution in [1.82, 2.24) is 5.32 Å². The van der Waals surface area contributed by atoms with E-state index in [1.165, 1.54) is 135 Å². The van der Waals surface area contributed by atoms with E-state index in [1.54, 1.807) is 6.08 Å². The number of amides is 1. The molecule has 0 saturated heterocycles. The molecule has 0 aliphatic rings. The minimum atomic E-state index is -4.61. The van der Waals surface area contributed by atoms with E-state index in [1.807, 2.05) is 27.2 Å². The van der Waals surface area contributed by atoms with Crippen LogP contribution in [0.3, 0.4) is 0 Å². The van der Waals surface area contributed by atoms with Crippen molar-refractivity contribution in [3.63, 3.8) is 0 Å². The summed E-state index contributed by atoms with van der Waals surface area (Å²) in [5.41, 5.74) is 0. The third-order valence-electron chi connectivity index (χ3n) is 13.1. The van der Waals surface area contributed by atoms with Gasteiger partial charge < -0.3 is 28.8 Å². The van der Waals surface area contributed by atoms with E-state index in [-0.39, 0.29) is 12.5 Å². The second-order valence-electron chi connectivity index (χ2n) is 21.7. The lowest BCUT2D eigenvalue weighted by atomic mass is 10.0. The molecule has 3 atom stereocenters. The van der Waals surface area contributed by atoms with Crippen molar-refractivity contribution in [1.29, 1.82) is 0 Å². The summed E-state index contributed by atoms with van der Waals surface area (Å²) in [7, 11) is 1.23. The van der Waals surface area contributed by atoms with Crippen LogP contribution in [-0.2, 0) is 18.4 Å². The monoisotopic (exact) mass is 1080 g/mol. The van der Waals surface area contributed by atoms with E-state index in [4.69, 9.17) is 9.05 Å². The van der Waals surface area contributed by atoms with E-state index < -0.39 is 26.6 Å². The van der Waals surface area contributed by atoms with Crippen molar-refractivity contribution in [3.05, 3.63) is 122 Å². The number of nitrogens with zero attached hydrogens (tertiary/aromatic N) is 1. The molecule has 76 heavy (non-hydrogen) atoms. The van der Waals surface area contributed by atoms with Crippen molar-refractivity contribution in [3.8, 4) is 0 Å². The van der Waals surface area contributed by atoms with Crippen LogP contribution in [0, 0.1) is 0 Å². The summed E-state index contributed by atoms with van der Waals surface area (Å²) < 4.78 is 23.3. The molecule has 436 valence electrons. The number of carbonyl (C=O) groups is 1. The first-order chi connectivity index (χ1) is 37.0. The number of allylic oxidation sites excluding steroid dienone is 19. The second kappa shape index (κ2) is 56.6. The Hall–Kier alpha value is -3.10. The topological polar surface area (TPSA) is 108 Å². The molecule has 0 aliphatic heterocycles. The Morgan fingerprint density at radius 2 is 0.816 bits per heavy atom. The molecule has 0 rings (SSSR count). The van der Waals surface area contributed by atoms with Gasteiger partial charge in [0.15, 0.2) is 0 Å². The van der Waals surface area contributed by atoms with Crippen molar-refractivity contribution in [2.75, 3.05) is 40.9 Å². The SMILES string of the molecule is CC/C=C\C/C=C\C/C=C\C/C=C\C/C=C\C/C=C\C/C=C\CCCCCCCCCCCCCCCCCCCC(=O)NC(COP(=O)([O-])OCC[N+](C)(C)C)C(O)/C=C/CC/C=C/CC/C=C/CCCCCCC. The van der Waals surface area contributed by atoms with E-state index in [0.29, 0.717) is 17.4 Å². The summed E-state index contributed by atoms with van der Waals surface area (Å²) in [4.78, 5) is 25.5. The number of rotatable bonds is 55. The van der Waals surface area contributed by atoms with Gasteiger partial charge >= 0.3 is 0 Å². The van der Waals surface area contributed by atoms with E-state index in [9.17, 15) is 19.4 Å². The second-order valence-corrected chi connectivity index (χ2v) is 23.1. The van der Waals surface area contributed by atoms with Crippen LogP contribution < -0.4 is 10.2 Å². The predicted molar refractivity (Wildman–Crippen MR) is 329 cm³/mol. The molecule has 0 aromatic heterocycles. The van der Waals surface area contributed by atoms with Gasteiger partial charge in [-0.3, -0.25) is 9.36 Å². The largest absolute Gasteiger partial charge is 0.756 e. The maximum Gasteiger partial charge on any atom is 0.268 e. The zero-order valence-corrected chi connectivity index (χ0v) is 50.6. The number of carbonyl (C=O) groups excluding carboxylic acids is 1. The molecule has 0 radical (unpaired) electrons. The van der Waals surface area contributed by atoms with Gasteiger partial charge in [0, 0.05) is 6.42 Å². The zero-order valence-electron chi connectivity index (χ0n) is 49.7. The fourth-order valence-corrected chi connectivity index (χ4v) is 9.06. The average Bonchev–Trinajstić information content (AvgIpc) is 3.38. The molecule has 8 nitrogen and oxygen atoms in total. The number of hydrogen-bond acceptors (Lipinski definition) is 6. The highest BCUT2D eigenvalue weighted by atomic mass is 31.2. The van der Waals surface area contributed by atoms with Crippen LogP contribution in [-0.4, -0.2) is 68.5 Å². The molecule has 0 aliphatic carbocycles. The molecule has 3 unspecified atom stereocenters. The number of phosphoric ester groups is 1. The highest BCUT2D eigenvalue weighted by Crippen LogP contribution is 2.38. The molecule has 2 N–H and O–H groups in total. The average molecular weight is 1080 g/mol. The maximum atomic E-state index is 13.0.